The molecule has 1 heterocycles. The highest BCUT2D eigenvalue weighted by Gasteiger charge is 2.10. The zero-order valence-corrected chi connectivity index (χ0v) is 14.6. The lowest BCUT2D eigenvalue weighted by molar-refractivity contribution is -0.121. The van der Waals surface area contributed by atoms with Crippen LogP contribution >= 0.6 is 0 Å². The molecule has 1 unspecified atom stereocenters. The number of hydrogen-bond donors (Lipinski definition) is 2. The van der Waals surface area contributed by atoms with Crippen molar-refractivity contribution in [3.8, 4) is 0 Å². The van der Waals surface area contributed by atoms with Crippen LogP contribution in [0.15, 0.2) is 18.2 Å². The standard InChI is InChI=1S/C18H24N4O2/c1-5-11(2)20-17(23)8-9-19-18(24)14-6-7-15-16(10-14)22-13(4)12(3)21-15/h6-7,10-11H,5,8-9H2,1-4H3,(H,19,24)(H,20,23). The van der Waals surface area contributed by atoms with Crippen molar-refractivity contribution in [1.82, 2.24) is 20.6 Å². The lowest BCUT2D eigenvalue weighted by atomic mass is 10.1. The zero-order valence-electron chi connectivity index (χ0n) is 14.6. The molecule has 0 saturated heterocycles. The van der Waals surface area contributed by atoms with E-state index in [2.05, 4.69) is 20.6 Å². The zero-order chi connectivity index (χ0) is 17.7. The molecule has 6 heteroatoms. The first kappa shape index (κ1) is 17.8. The molecule has 2 aromatic rings. The molecule has 0 fully saturated rings. The maximum Gasteiger partial charge on any atom is 0.251 e. The number of hydrogen-bond acceptors (Lipinski definition) is 4. The molecule has 0 aliphatic carbocycles. The van der Waals surface area contributed by atoms with Gasteiger partial charge in [-0.15, -0.1) is 0 Å². The van der Waals surface area contributed by atoms with Crippen molar-refractivity contribution in [2.75, 3.05) is 6.54 Å². The number of rotatable bonds is 6. The van der Waals surface area contributed by atoms with Gasteiger partial charge in [0, 0.05) is 24.6 Å². The Balaban J connectivity index is 1.96. The van der Waals surface area contributed by atoms with Crippen LogP contribution in [0.4, 0.5) is 0 Å². The lowest BCUT2D eigenvalue weighted by Crippen LogP contribution is -2.35. The van der Waals surface area contributed by atoms with Gasteiger partial charge in [-0.3, -0.25) is 9.59 Å². The molecule has 0 spiro atoms. The lowest BCUT2D eigenvalue weighted by Gasteiger charge is -2.11. The minimum Gasteiger partial charge on any atom is -0.354 e. The molecule has 24 heavy (non-hydrogen) atoms. The summed E-state index contributed by atoms with van der Waals surface area (Å²) >= 11 is 0. The summed E-state index contributed by atoms with van der Waals surface area (Å²) in [4.78, 5) is 32.8. The van der Waals surface area contributed by atoms with E-state index in [1.54, 1.807) is 18.2 Å². The molecule has 2 rings (SSSR count). The molecule has 1 aromatic carbocycles. The van der Waals surface area contributed by atoms with Crippen LogP contribution in [0, 0.1) is 13.8 Å². The van der Waals surface area contributed by atoms with Crippen LogP contribution in [0.5, 0.6) is 0 Å². The second-order valence-corrected chi connectivity index (χ2v) is 5.98. The fraction of sp³-hybridized carbons (Fsp3) is 0.444. The fourth-order valence-electron chi connectivity index (χ4n) is 2.21. The number of carbonyl (C=O) groups is 2. The third-order valence-electron chi connectivity index (χ3n) is 3.99. The molecule has 1 atom stereocenters. The van der Waals surface area contributed by atoms with Crippen molar-refractivity contribution in [3.63, 3.8) is 0 Å². The van der Waals surface area contributed by atoms with Crippen LogP contribution < -0.4 is 10.6 Å². The van der Waals surface area contributed by atoms with Crippen molar-refractivity contribution in [1.29, 1.82) is 0 Å². The second-order valence-electron chi connectivity index (χ2n) is 5.98. The molecular weight excluding hydrogens is 304 g/mol. The average Bonchev–Trinajstić information content (AvgIpc) is 2.55. The van der Waals surface area contributed by atoms with E-state index in [9.17, 15) is 9.59 Å². The third kappa shape index (κ3) is 4.50. The van der Waals surface area contributed by atoms with Crippen LogP contribution in [0.3, 0.4) is 0 Å². The summed E-state index contributed by atoms with van der Waals surface area (Å²) in [6, 6.07) is 5.39. The first-order valence-corrected chi connectivity index (χ1v) is 8.23. The summed E-state index contributed by atoms with van der Waals surface area (Å²) < 4.78 is 0. The average molecular weight is 328 g/mol. The quantitative estimate of drug-likeness (QED) is 0.852. The smallest absolute Gasteiger partial charge is 0.251 e. The predicted molar refractivity (Wildman–Crippen MR) is 93.9 cm³/mol. The number of fused-ring (bicyclic) bond motifs is 1. The van der Waals surface area contributed by atoms with E-state index < -0.39 is 0 Å². The van der Waals surface area contributed by atoms with E-state index in [0.717, 1.165) is 23.3 Å². The highest BCUT2D eigenvalue weighted by molar-refractivity contribution is 5.97. The van der Waals surface area contributed by atoms with Gasteiger partial charge in [-0.05, 0) is 45.4 Å². The Morgan fingerprint density at radius 2 is 1.79 bits per heavy atom. The Hall–Kier alpha value is -2.50. The van der Waals surface area contributed by atoms with E-state index in [-0.39, 0.29) is 24.3 Å². The monoisotopic (exact) mass is 328 g/mol. The van der Waals surface area contributed by atoms with Crippen molar-refractivity contribution < 1.29 is 9.59 Å². The number of benzene rings is 1. The Morgan fingerprint density at radius 3 is 2.46 bits per heavy atom. The van der Waals surface area contributed by atoms with Crippen molar-refractivity contribution in [2.24, 2.45) is 0 Å². The minimum atomic E-state index is -0.215. The highest BCUT2D eigenvalue weighted by atomic mass is 16.2. The van der Waals surface area contributed by atoms with Gasteiger partial charge in [0.25, 0.3) is 5.91 Å². The topological polar surface area (TPSA) is 84.0 Å². The van der Waals surface area contributed by atoms with Gasteiger partial charge < -0.3 is 10.6 Å². The van der Waals surface area contributed by atoms with E-state index in [4.69, 9.17) is 0 Å². The second kappa shape index (κ2) is 7.86. The van der Waals surface area contributed by atoms with E-state index in [0.29, 0.717) is 17.6 Å². The third-order valence-corrected chi connectivity index (χ3v) is 3.99. The van der Waals surface area contributed by atoms with Gasteiger partial charge in [0.2, 0.25) is 5.91 Å². The molecular formula is C18H24N4O2. The molecule has 2 N–H and O–H groups in total. The number of aromatic nitrogens is 2. The molecule has 0 bridgehead atoms. The molecule has 0 aliphatic rings. The SMILES string of the molecule is CCC(C)NC(=O)CCNC(=O)c1ccc2nc(C)c(C)nc2c1. The minimum absolute atomic E-state index is 0.0554. The van der Waals surface area contributed by atoms with Gasteiger partial charge >= 0.3 is 0 Å². The summed E-state index contributed by atoms with van der Waals surface area (Å²) in [5, 5.41) is 5.63. The molecule has 0 radical (unpaired) electrons. The number of amides is 2. The first-order chi connectivity index (χ1) is 11.4. The van der Waals surface area contributed by atoms with Gasteiger partial charge in [0.1, 0.15) is 0 Å². The number of nitrogens with zero attached hydrogens (tertiary/aromatic N) is 2. The molecule has 128 valence electrons. The van der Waals surface area contributed by atoms with Crippen LogP contribution in [0.2, 0.25) is 0 Å². The molecule has 6 nitrogen and oxygen atoms in total. The van der Waals surface area contributed by atoms with E-state index in [1.165, 1.54) is 0 Å². The summed E-state index contributed by atoms with van der Waals surface area (Å²) in [7, 11) is 0. The molecule has 0 saturated carbocycles. The van der Waals surface area contributed by atoms with Crippen molar-refractivity contribution >= 4 is 22.8 Å². The first-order valence-electron chi connectivity index (χ1n) is 8.23. The molecule has 2 amide bonds. The van der Waals surface area contributed by atoms with Gasteiger partial charge in [0.15, 0.2) is 0 Å². The maximum absolute atomic E-state index is 12.2. The summed E-state index contributed by atoms with van der Waals surface area (Å²) in [5.74, 6) is -0.270. The Bertz CT molecular complexity index is 758. The van der Waals surface area contributed by atoms with E-state index >= 15 is 0 Å². The summed E-state index contributed by atoms with van der Waals surface area (Å²) in [6.45, 7) is 8.07. The van der Waals surface area contributed by atoms with Crippen molar-refractivity contribution in [3.05, 3.63) is 35.2 Å². The molecule has 1 aromatic heterocycles. The maximum atomic E-state index is 12.2. The van der Waals surface area contributed by atoms with Crippen LogP contribution in [-0.2, 0) is 4.79 Å². The predicted octanol–water partition coefficient (Wildman–Crippen LogP) is 2.28. The summed E-state index contributed by atoms with van der Waals surface area (Å²) in [5.41, 5.74) is 3.71. The normalized spacial score (nSPS) is 12.0. The largest absolute Gasteiger partial charge is 0.354 e. The van der Waals surface area contributed by atoms with Crippen LogP contribution in [0.25, 0.3) is 11.0 Å². The van der Waals surface area contributed by atoms with Gasteiger partial charge in [-0.2, -0.15) is 0 Å². The molecule has 0 aliphatic heterocycles. The Morgan fingerprint density at radius 1 is 1.12 bits per heavy atom. The van der Waals surface area contributed by atoms with Crippen LogP contribution in [-0.4, -0.2) is 34.4 Å². The summed E-state index contributed by atoms with van der Waals surface area (Å²) in [6.07, 6.45) is 1.15. The van der Waals surface area contributed by atoms with E-state index in [1.807, 2.05) is 27.7 Å². The Kier molecular flexibility index (Phi) is 5.84. The number of nitrogens with one attached hydrogen (secondary N) is 2. The van der Waals surface area contributed by atoms with Crippen LogP contribution in [0.1, 0.15) is 48.4 Å². The Labute approximate surface area is 142 Å². The highest BCUT2D eigenvalue weighted by Crippen LogP contribution is 2.14. The van der Waals surface area contributed by atoms with Gasteiger partial charge in [0.05, 0.1) is 22.4 Å². The van der Waals surface area contributed by atoms with Crippen molar-refractivity contribution in [2.45, 2.75) is 46.6 Å². The number of carbonyl (C=O) groups excluding carboxylic acids is 2. The van der Waals surface area contributed by atoms with Gasteiger partial charge in [-0.1, -0.05) is 6.92 Å². The fourth-order valence-corrected chi connectivity index (χ4v) is 2.21. The van der Waals surface area contributed by atoms with Gasteiger partial charge in [-0.25, -0.2) is 9.97 Å². The number of aryl methyl sites for hydroxylation is 2.